The van der Waals surface area contributed by atoms with Gasteiger partial charge in [-0.1, -0.05) is 12.8 Å². The van der Waals surface area contributed by atoms with Gasteiger partial charge in [0, 0.05) is 33.7 Å². The summed E-state index contributed by atoms with van der Waals surface area (Å²) >= 11 is 0. The Kier molecular flexibility index (Phi) is 7.77. The van der Waals surface area contributed by atoms with Crippen LogP contribution < -0.4 is 10.6 Å². The zero-order chi connectivity index (χ0) is 21.7. The lowest BCUT2D eigenvalue weighted by Gasteiger charge is -2.30. The van der Waals surface area contributed by atoms with E-state index >= 15 is 0 Å². The third-order valence-corrected chi connectivity index (χ3v) is 5.50. The number of amides is 2. The lowest BCUT2D eigenvalue weighted by Crippen LogP contribution is -2.45. The number of likely N-dealkylation sites (tertiary alicyclic amines) is 1. The number of guanidine groups is 1. The number of nitrogens with one attached hydrogen (secondary N) is 2. The summed E-state index contributed by atoms with van der Waals surface area (Å²) in [7, 11) is 3.65. The number of alkyl carbamates (subject to hydrolysis) is 1. The first-order chi connectivity index (χ1) is 13.6. The molecule has 2 N–H and O–H groups in total. The van der Waals surface area contributed by atoms with E-state index in [4.69, 9.17) is 9.73 Å². The summed E-state index contributed by atoms with van der Waals surface area (Å²) in [6, 6.07) is 0.0255. The van der Waals surface area contributed by atoms with Crippen molar-refractivity contribution in [3.8, 4) is 0 Å². The van der Waals surface area contributed by atoms with Crippen LogP contribution in [0.2, 0.25) is 0 Å². The van der Waals surface area contributed by atoms with Crippen molar-refractivity contribution in [2.45, 2.75) is 71.4 Å². The molecule has 2 aliphatic rings. The second kappa shape index (κ2) is 9.67. The first-order valence-electron chi connectivity index (χ1n) is 10.8. The van der Waals surface area contributed by atoms with E-state index in [-0.39, 0.29) is 23.5 Å². The molecule has 2 rings (SSSR count). The summed E-state index contributed by atoms with van der Waals surface area (Å²) in [5.74, 6) is 0.999. The number of aliphatic imine (C=N–C) groups is 1. The Morgan fingerprint density at radius 3 is 2.45 bits per heavy atom. The van der Waals surface area contributed by atoms with Crippen LogP contribution in [0.3, 0.4) is 0 Å². The van der Waals surface area contributed by atoms with Crippen molar-refractivity contribution in [3.05, 3.63) is 0 Å². The minimum absolute atomic E-state index is 0.0255. The van der Waals surface area contributed by atoms with Crippen LogP contribution in [-0.2, 0) is 9.53 Å². The monoisotopic (exact) mass is 409 g/mol. The second-order valence-corrected chi connectivity index (χ2v) is 9.44. The van der Waals surface area contributed by atoms with Crippen molar-refractivity contribution < 1.29 is 14.3 Å². The molecule has 1 atom stereocenters. The Balaban J connectivity index is 2.02. The standard InChI is InChI=1S/C21H39N5O3/c1-7-22-18(23-15-21(11-8-9-12-21)17(27)25(5)6)26-13-10-16(14-26)24-19(28)29-20(2,3)4/h16H,7-15H2,1-6H3,(H,22,23)(H,24,28). The highest BCUT2D eigenvalue weighted by atomic mass is 16.6. The average molecular weight is 410 g/mol. The van der Waals surface area contributed by atoms with Gasteiger partial charge < -0.3 is 25.2 Å². The average Bonchev–Trinajstić information content (AvgIpc) is 3.26. The molecule has 0 aromatic rings. The molecular weight excluding hydrogens is 370 g/mol. The van der Waals surface area contributed by atoms with Crippen LogP contribution in [0.1, 0.15) is 59.8 Å². The van der Waals surface area contributed by atoms with Crippen LogP contribution in [0, 0.1) is 5.41 Å². The van der Waals surface area contributed by atoms with Crippen LogP contribution in [0.25, 0.3) is 0 Å². The Labute approximate surface area is 175 Å². The van der Waals surface area contributed by atoms with Crippen LogP contribution in [0.4, 0.5) is 4.79 Å². The van der Waals surface area contributed by atoms with Gasteiger partial charge in [0.2, 0.25) is 5.91 Å². The maximum Gasteiger partial charge on any atom is 0.407 e. The fraction of sp³-hybridized carbons (Fsp3) is 0.857. The molecular formula is C21H39N5O3. The molecule has 0 aromatic carbocycles. The van der Waals surface area contributed by atoms with Crippen molar-refractivity contribution in [2.24, 2.45) is 10.4 Å². The Morgan fingerprint density at radius 2 is 1.90 bits per heavy atom. The molecule has 8 nitrogen and oxygen atoms in total. The van der Waals surface area contributed by atoms with Crippen LogP contribution in [0.15, 0.2) is 4.99 Å². The molecule has 1 heterocycles. The van der Waals surface area contributed by atoms with Crippen LogP contribution in [0.5, 0.6) is 0 Å². The number of carbonyl (C=O) groups excluding carboxylic acids is 2. The van der Waals surface area contributed by atoms with Gasteiger partial charge in [-0.15, -0.1) is 0 Å². The van der Waals surface area contributed by atoms with E-state index in [0.717, 1.165) is 51.2 Å². The van der Waals surface area contributed by atoms with Crippen LogP contribution >= 0.6 is 0 Å². The van der Waals surface area contributed by atoms with Crippen molar-refractivity contribution in [2.75, 3.05) is 40.3 Å². The first kappa shape index (κ1) is 23.3. The molecule has 29 heavy (non-hydrogen) atoms. The van der Waals surface area contributed by atoms with Gasteiger partial charge in [0.25, 0.3) is 0 Å². The van der Waals surface area contributed by atoms with E-state index < -0.39 is 5.60 Å². The Hall–Kier alpha value is -1.99. The van der Waals surface area contributed by atoms with Crippen molar-refractivity contribution >= 4 is 18.0 Å². The highest BCUT2D eigenvalue weighted by molar-refractivity contribution is 5.84. The quantitative estimate of drug-likeness (QED) is 0.537. The predicted octanol–water partition coefficient (Wildman–Crippen LogP) is 2.20. The van der Waals surface area contributed by atoms with Crippen molar-refractivity contribution in [3.63, 3.8) is 0 Å². The zero-order valence-corrected chi connectivity index (χ0v) is 19.0. The maximum atomic E-state index is 12.8. The topological polar surface area (TPSA) is 86.3 Å². The Bertz CT molecular complexity index is 606. The molecule has 0 spiro atoms. The highest BCUT2D eigenvalue weighted by Crippen LogP contribution is 2.39. The predicted molar refractivity (Wildman–Crippen MR) is 115 cm³/mol. The van der Waals surface area contributed by atoms with Gasteiger partial charge in [-0.25, -0.2) is 4.79 Å². The number of carbonyl (C=O) groups is 2. The van der Waals surface area contributed by atoms with E-state index in [1.165, 1.54) is 0 Å². The second-order valence-electron chi connectivity index (χ2n) is 9.44. The molecule has 1 aliphatic carbocycles. The fourth-order valence-electron chi connectivity index (χ4n) is 4.16. The summed E-state index contributed by atoms with van der Waals surface area (Å²) in [6.45, 7) is 10.4. The molecule has 1 unspecified atom stereocenters. The zero-order valence-electron chi connectivity index (χ0n) is 19.0. The molecule has 0 aromatic heterocycles. The SMILES string of the molecule is CCNC(=NCC1(C(=O)N(C)C)CCCC1)N1CCC(NC(=O)OC(C)(C)C)C1. The molecule has 0 radical (unpaired) electrons. The summed E-state index contributed by atoms with van der Waals surface area (Å²) in [6.07, 6.45) is 4.42. The summed E-state index contributed by atoms with van der Waals surface area (Å²) in [5.41, 5.74) is -0.884. The van der Waals surface area contributed by atoms with Gasteiger partial charge in [0.15, 0.2) is 5.96 Å². The van der Waals surface area contributed by atoms with E-state index in [1.807, 2.05) is 41.8 Å². The molecule has 1 saturated heterocycles. The molecule has 2 fully saturated rings. The minimum Gasteiger partial charge on any atom is -0.444 e. The van der Waals surface area contributed by atoms with E-state index in [2.05, 4.69) is 15.5 Å². The number of rotatable bonds is 5. The van der Waals surface area contributed by atoms with E-state index in [9.17, 15) is 9.59 Å². The highest BCUT2D eigenvalue weighted by Gasteiger charge is 2.42. The maximum absolute atomic E-state index is 12.8. The number of nitrogens with zero attached hydrogens (tertiary/aromatic N) is 3. The molecule has 1 aliphatic heterocycles. The third kappa shape index (κ3) is 6.51. The summed E-state index contributed by atoms with van der Waals surface area (Å²) in [4.78, 5) is 33.6. The molecule has 0 bridgehead atoms. The van der Waals surface area contributed by atoms with Gasteiger partial charge in [0.05, 0.1) is 18.0 Å². The van der Waals surface area contributed by atoms with Crippen molar-refractivity contribution in [1.82, 2.24) is 20.4 Å². The number of hydrogen-bond donors (Lipinski definition) is 2. The van der Waals surface area contributed by atoms with E-state index in [0.29, 0.717) is 13.1 Å². The summed E-state index contributed by atoms with van der Waals surface area (Å²) < 4.78 is 5.36. The molecule has 166 valence electrons. The summed E-state index contributed by atoms with van der Waals surface area (Å²) in [5, 5.41) is 6.31. The normalized spacial score (nSPS) is 21.8. The number of ether oxygens (including phenoxy) is 1. The van der Waals surface area contributed by atoms with Gasteiger partial charge in [-0.2, -0.15) is 0 Å². The fourth-order valence-corrected chi connectivity index (χ4v) is 4.16. The Morgan fingerprint density at radius 1 is 1.24 bits per heavy atom. The smallest absolute Gasteiger partial charge is 0.407 e. The molecule has 8 heteroatoms. The van der Waals surface area contributed by atoms with Crippen molar-refractivity contribution in [1.29, 1.82) is 0 Å². The lowest BCUT2D eigenvalue weighted by molar-refractivity contribution is -0.138. The first-order valence-corrected chi connectivity index (χ1v) is 10.8. The molecule has 1 saturated carbocycles. The lowest BCUT2D eigenvalue weighted by atomic mass is 9.85. The van der Waals surface area contributed by atoms with Gasteiger partial charge >= 0.3 is 6.09 Å². The molecule has 2 amide bonds. The van der Waals surface area contributed by atoms with E-state index in [1.54, 1.807) is 4.90 Å². The third-order valence-electron chi connectivity index (χ3n) is 5.50. The minimum atomic E-state index is -0.507. The van der Waals surface area contributed by atoms with Gasteiger partial charge in [0.1, 0.15) is 5.60 Å². The van der Waals surface area contributed by atoms with Gasteiger partial charge in [-0.3, -0.25) is 9.79 Å². The number of hydrogen-bond acceptors (Lipinski definition) is 4. The van der Waals surface area contributed by atoms with Gasteiger partial charge in [-0.05, 0) is 47.0 Å². The largest absolute Gasteiger partial charge is 0.444 e. The van der Waals surface area contributed by atoms with Crippen LogP contribution in [-0.4, -0.2) is 79.7 Å².